The zero-order valence-corrected chi connectivity index (χ0v) is 17.4. The topological polar surface area (TPSA) is 75.7 Å². The first-order valence-electron chi connectivity index (χ1n) is 10.8. The smallest absolute Gasteiger partial charge is 0.323 e. The molecule has 1 aromatic rings. The Labute approximate surface area is 173 Å². The molecule has 1 aromatic carbocycles. The number of benzene rings is 1. The number of aryl methyl sites for hydroxylation is 1. The predicted molar refractivity (Wildman–Crippen MR) is 110 cm³/mol. The molecule has 1 aliphatic carbocycles. The molecule has 2 fully saturated rings. The van der Waals surface area contributed by atoms with Crippen LogP contribution in [-0.4, -0.2) is 53.8 Å². The number of hydrogen-bond donors (Lipinski definition) is 1. The molecule has 0 bridgehead atoms. The molecular formula is C23H32N2O4. The van der Waals surface area contributed by atoms with Gasteiger partial charge < -0.3 is 14.4 Å². The summed E-state index contributed by atoms with van der Waals surface area (Å²) in [6.45, 7) is 3.86. The van der Waals surface area contributed by atoms with E-state index in [0.29, 0.717) is 25.4 Å². The third-order valence-corrected chi connectivity index (χ3v) is 6.25. The molecule has 1 amide bonds. The number of amides is 1. The van der Waals surface area contributed by atoms with Gasteiger partial charge in [0.1, 0.15) is 12.3 Å². The van der Waals surface area contributed by atoms with E-state index in [2.05, 4.69) is 5.32 Å². The van der Waals surface area contributed by atoms with Crippen LogP contribution in [0.5, 0.6) is 0 Å². The monoisotopic (exact) mass is 400 g/mol. The number of carbonyl (C=O) groups is 3. The molecule has 1 N–H and O–H groups in total. The summed E-state index contributed by atoms with van der Waals surface area (Å²) in [6.07, 6.45) is 6.08. The zero-order valence-electron chi connectivity index (χ0n) is 17.4. The van der Waals surface area contributed by atoms with E-state index < -0.39 is 12.1 Å². The van der Waals surface area contributed by atoms with Gasteiger partial charge in [0.05, 0.1) is 18.7 Å². The fraction of sp³-hybridized carbons (Fsp3) is 0.609. The third-order valence-electron chi connectivity index (χ3n) is 6.25. The summed E-state index contributed by atoms with van der Waals surface area (Å²) < 4.78 is 5.23. The van der Waals surface area contributed by atoms with Gasteiger partial charge >= 0.3 is 5.97 Å². The zero-order chi connectivity index (χ0) is 20.8. The number of ether oxygens (including phenoxy) is 1. The normalized spacial score (nSPS) is 25.3. The predicted octanol–water partition coefficient (Wildman–Crippen LogP) is 2.50. The molecule has 5 atom stereocenters. The summed E-state index contributed by atoms with van der Waals surface area (Å²) in [5.41, 5.74) is 1.14. The first-order valence-corrected chi connectivity index (χ1v) is 10.8. The van der Waals surface area contributed by atoms with E-state index in [1.165, 1.54) is 0 Å². The average molecular weight is 401 g/mol. The molecule has 2 aliphatic rings. The molecule has 4 unspecified atom stereocenters. The maximum Gasteiger partial charge on any atom is 0.323 e. The molecule has 158 valence electrons. The number of carbonyl (C=O) groups excluding carboxylic acids is 3. The molecule has 1 saturated heterocycles. The van der Waals surface area contributed by atoms with Crippen LogP contribution in [0.1, 0.15) is 51.5 Å². The molecule has 1 heterocycles. The van der Waals surface area contributed by atoms with Gasteiger partial charge in [0.15, 0.2) is 0 Å². The van der Waals surface area contributed by atoms with Crippen molar-refractivity contribution in [1.29, 1.82) is 0 Å². The highest BCUT2D eigenvalue weighted by atomic mass is 16.5. The van der Waals surface area contributed by atoms with Crippen molar-refractivity contribution in [2.75, 3.05) is 6.61 Å². The highest BCUT2D eigenvalue weighted by Gasteiger charge is 2.46. The molecular weight excluding hydrogens is 368 g/mol. The molecule has 0 radical (unpaired) electrons. The Morgan fingerprint density at radius 3 is 2.72 bits per heavy atom. The van der Waals surface area contributed by atoms with Crippen molar-refractivity contribution in [3.05, 3.63) is 35.9 Å². The number of hydrogen-bond acceptors (Lipinski definition) is 5. The van der Waals surface area contributed by atoms with Gasteiger partial charge in [-0.2, -0.15) is 0 Å². The summed E-state index contributed by atoms with van der Waals surface area (Å²) in [4.78, 5) is 39.0. The van der Waals surface area contributed by atoms with Crippen LogP contribution in [0.2, 0.25) is 0 Å². The lowest BCUT2D eigenvalue weighted by atomic mass is 10.0. The van der Waals surface area contributed by atoms with Crippen LogP contribution in [0.25, 0.3) is 0 Å². The maximum atomic E-state index is 13.2. The highest BCUT2D eigenvalue weighted by molar-refractivity contribution is 5.86. The fourth-order valence-corrected chi connectivity index (χ4v) is 4.84. The standard InChI is InChI=1S/C23H32N2O4/c1-3-29-23(28)20(13-12-17-8-5-4-6-9-17)24-16(2)22(27)25-19(15-26)14-18-10-7-11-21(18)25/h4-6,8-9,15-16,18-21,24H,3,7,10-14H2,1-2H3/t16-,18?,19?,20?,21?/m1/s1. The van der Waals surface area contributed by atoms with Crippen LogP contribution in [-0.2, 0) is 25.5 Å². The molecule has 3 rings (SSSR count). The van der Waals surface area contributed by atoms with E-state index >= 15 is 0 Å². The molecule has 0 spiro atoms. The number of nitrogens with zero attached hydrogens (tertiary/aromatic N) is 1. The summed E-state index contributed by atoms with van der Waals surface area (Å²) in [7, 11) is 0. The van der Waals surface area contributed by atoms with Gasteiger partial charge in [0.2, 0.25) is 5.91 Å². The van der Waals surface area contributed by atoms with Crippen molar-refractivity contribution >= 4 is 18.2 Å². The minimum atomic E-state index is -0.564. The molecule has 1 aliphatic heterocycles. The third kappa shape index (κ3) is 5.04. The quantitative estimate of drug-likeness (QED) is 0.509. The van der Waals surface area contributed by atoms with E-state index in [4.69, 9.17) is 4.74 Å². The van der Waals surface area contributed by atoms with Gasteiger partial charge in [-0.05, 0) is 57.4 Å². The van der Waals surface area contributed by atoms with Gasteiger partial charge in [0, 0.05) is 6.04 Å². The van der Waals surface area contributed by atoms with Crippen molar-refractivity contribution in [2.45, 2.75) is 76.5 Å². The summed E-state index contributed by atoms with van der Waals surface area (Å²) in [5.74, 6) is 0.000905. The molecule has 6 heteroatoms. The molecule has 6 nitrogen and oxygen atoms in total. The van der Waals surface area contributed by atoms with E-state index in [-0.39, 0.29) is 24.0 Å². The van der Waals surface area contributed by atoms with Crippen LogP contribution < -0.4 is 5.32 Å². The van der Waals surface area contributed by atoms with Crippen LogP contribution in [0.3, 0.4) is 0 Å². The summed E-state index contributed by atoms with van der Waals surface area (Å²) >= 11 is 0. The van der Waals surface area contributed by atoms with Crippen molar-refractivity contribution < 1.29 is 19.1 Å². The minimum absolute atomic E-state index is 0.0921. The number of rotatable bonds is 9. The van der Waals surface area contributed by atoms with Gasteiger partial charge in [-0.25, -0.2) is 0 Å². The van der Waals surface area contributed by atoms with E-state index in [1.807, 2.05) is 30.3 Å². The van der Waals surface area contributed by atoms with Crippen LogP contribution in [0.4, 0.5) is 0 Å². The van der Waals surface area contributed by atoms with Crippen molar-refractivity contribution in [2.24, 2.45) is 5.92 Å². The second-order valence-corrected chi connectivity index (χ2v) is 8.16. The lowest BCUT2D eigenvalue weighted by Crippen LogP contribution is -2.54. The number of fused-ring (bicyclic) bond motifs is 1. The lowest BCUT2D eigenvalue weighted by molar-refractivity contribution is -0.147. The van der Waals surface area contributed by atoms with Crippen LogP contribution in [0.15, 0.2) is 30.3 Å². The lowest BCUT2D eigenvalue weighted by Gasteiger charge is -2.31. The van der Waals surface area contributed by atoms with Gasteiger partial charge in [-0.15, -0.1) is 0 Å². The van der Waals surface area contributed by atoms with Crippen LogP contribution in [0, 0.1) is 5.92 Å². The van der Waals surface area contributed by atoms with E-state index in [9.17, 15) is 14.4 Å². The van der Waals surface area contributed by atoms with E-state index in [0.717, 1.165) is 37.5 Å². The second-order valence-electron chi connectivity index (χ2n) is 8.16. The molecule has 1 saturated carbocycles. The number of likely N-dealkylation sites (tertiary alicyclic amines) is 1. The Morgan fingerprint density at radius 1 is 1.28 bits per heavy atom. The summed E-state index contributed by atoms with van der Waals surface area (Å²) in [6, 6.07) is 8.65. The number of aldehydes is 1. The maximum absolute atomic E-state index is 13.2. The van der Waals surface area contributed by atoms with Gasteiger partial charge in [0.25, 0.3) is 0 Å². The minimum Gasteiger partial charge on any atom is -0.465 e. The Bertz CT molecular complexity index is 708. The molecule has 0 aromatic heterocycles. The van der Waals surface area contributed by atoms with Crippen molar-refractivity contribution in [3.8, 4) is 0 Å². The average Bonchev–Trinajstić information content (AvgIpc) is 3.32. The van der Waals surface area contributed by atoms with Crippen molar-refractivity contribution in [3.63, 3.8) is 0 Å². The summed E-state index contributed by atoms with van der Waals surface area (Å²) in [5, 5.41) is 3.19. The van der Waals surface area contributed by atoms with Gasteiger partial charge in [-0.3, -0.25) is 14.9 Å². The SMILES string of the molecule is CCOC(=O)C(CCc1ccccc1)N[C@H](C)C(=O)N1C(C=O)CC2CCCC21. The number of nitrogens with one attached hydrogen (secondary N) is 1. The molecule has 29 heavy (non-hydrogen) atoms. The first kappa shape index (κ1) is 21.5. The Hall–Kier alpha value is -2.21. The Balaban J connectivity index is 1.66. The Morgan fingerprint density at radius 2 is 2.03 bits per heavy atom. The van der Waals surface area contributed by atoms with E-state index in [1.54, 1.807) is 18.7 Å². The number of esters is 1. The second kappa shape index (κ2) is 10.0. The van der Waals surface area contributed by atoms with Gasteiger partial charge in [-0.1, -0.05) is 36.8 Å². The Kier molecular flexibility index (Phi) is 7.42. The first-order chi connectivity index (χ1) is 14.0. The highest BCUT2D eigenvalue weighted by Crippen LogP contribution is 2.40. The van der Waals surface area contributed by atoms with Crippen LogP contribution >= 0.6 is 0 Å². The largest absolute Gasteiger partial charge is 0.465 e. The van der Waals surface area contributed by atoms with Crippen molar-refractivity contribution in [1.82, 2.24) is 10.2 Å². The fourth-order valence-electron chi connectivity index (χ4n) is 4.84.